The predicted molar refractivity (Wildman–Crippen MR) is 141 cm³/mol. The number of rotatable bonds is 9. The summed E-state index contributed by atoms with van der Waals surface area (Å²) in [5, 5.41) is 3.63. The zero-order chi connectivity index (χ0) is 25.4. The van der Waals surface area contributed by atoms with E-state index in [2.05, 4.69) is 5.32 Å². The molecule has 2 amide bonds. The highest BCUT2D eigenvalue weighted by molar-refractivity contribution is 6.31. The summed E-state index contributed by atoms with van der Waals surface area (Å²) in [6, 6.07) is 23.8. The molecule has 0 fully saturated rings. The highest BCUT2D eigenvalue weighted by Crippen LogP contribution is 2.22. The SMILES string of the molecule is COc1ccc(CC(=O)N(Cc2ccccc2Cl)[C@H](Cc2ccccc2)C(=O)NC(C)(C)C)cc1. The van der Waals surface area contributed by atoms with Crippen molar-refractivity contribution in [2.24, 2.45) is 0 Å². The van der Waals surface area contributed by atoms with Gasteiger partial charge in [-0.25, -0.2) is 0 Å². The molecule has 1 atom stereocenters. The standard InChI is InChI=1S/C29H33ClN2O3/c1-29(2,3)31-28(34)26(18-21-10-6-5-7-11-21)32(20-23-12-8-9-13-25(23)30)27(33)19-22-14-16-24(35-4)17-15-22/h5-17,26H,18-20H2,1-4H3,(H,31,34)/t26-/m1/s1. The molecule has 3 aromatic rings. The van der Waals surface area contributed by atoms with Crippen molar-refractivity contribution in [2.75, 3.05) is 7.11 Å². The second-order valence-electron chi connectivity index (χ2n) is 9.58. The monoisotopic (exact) mass is 492 g/mol. The highest BCUT2D eigenvalue weighted by Gasteiger charge is 2.32. The van der Waals surface area contributed by atoms with Gasteiger partial charge in [-0.2, -0.15) is 0 Å². The van der Waals surface area contributed by atoms with Crippen molar-refractivity contribution in [3.8, 4) is 5.75 Å². The van der Waals surface area contributed by atoms with Crippen LogP contribution in [-0.2, 0) is 29.0 Å². The maximum Gasteiger partial charge on any atom is 0.243 e. The lowest BCUT2D eigenvalue weighted by Gasteiger charge is -2.34. The quantitative estimate of drug-likeness (QED) is 0.432. The maximum absolute atomic E-state index is 13.8. The first-order chi connectivity index (χ1) is 16.7. The molecule has 35 heavy (non-hydrogen) atoms. The average molecular weight is 493 g/mol. The molecule has 0 aliphatic rings. The fourth-order valence-electron chi connectivity index (χ4n) is 3.84. The molecule has 0 aromatic heterocycles. The van der Waals surface area contributed by atoms with Crippen LogP contribution < -0.4 is 10.1 Å². The number of benzene rings is 3. The van der Waals surface area contributed by atoms with Crippen LogP contribution in [-0.4, -0.2) is 35.4 Å². The lowest BCUT2D eigenvalue weighted by Crippen LogP contribution is -2.54. The number of nitrogens with one attached hydrogen (secondary N) is 1. The Bertz CT molecular complexity index is 1120. The van der Waals surface area contributed by atoms with Crippen molar-refractivity contribution >= 4 is 23.4 Å². The van der Waals surface area contributed by atoms with Crippen molar-refractivity contribution in [1.82, 2.24) is 10.2 Å². The average Bonchev–Trinajstić information content (AvgIpc) is 2.82. The fourth-order valence-corrected chi connectivity index (χ4v) is 4.03. The molecule has 1 N–H and O–H groups in total. The molecule has 0 heterocycles. The van der Waals surface area contributed by atoms with Gasteiger partial charge in [0, 0.05) is 23.5 Å². The molecule has 0 aliphatic heterocycles. The second-order valence-corrected chi connectivity index (χ2v) is 9.99. The molecule has 0 saturated heterocycles. The minimum Gasteiger partial charge on any atom is -0.497 e. The summed E-state index contributed by atoms with van der Waals surface area (Å²) in [7, 11) is 1.60. The first-order valence-corrected chi connectivity index (χ1v) is 12.1. The zero-order valence-corrected chi connectivity index (χ0v) is 21.5. The van der Waals surface area contributed by atoms with E-state index in [-0.39, 0.29) is 24.8 Å². The van der Waals surface area contributed by atoms with E-state index >= 15 is 0 Å². The van der Waals surface area contributed by atoms with Gasteiger partial charge in [-0.3, -0.25) is 9.59 Å². The van der Waals surface area contributed by atoms with Crippen molar-refractivity contribution in [3.05, 3.63) is 101 Å². The lowest BCUT2D eigenvalue weighted by atomic mass is 10.00. The Kier molecular flexibility index (Phi) is 8.94. The van der Waals surface area contributed by atoms with Crippen LogP contribution in [0.25, 0.3) is 0 Å². The molecule has 6 heteroatoms. The van der Waals surface area contributed by atoms with Gasteiger partial charge in [0.15, 0.2) is 0 Å². The van der Waals surface area contributed by atoms with Crippen LogP contribution in [0, 0.1) is 0 Å². The molecular formula is C29H33ClN2O3. The molecule has 3 aromatic carbocycles. The van der Waals surface area contributed by atoms with E-state index in [1.54, 1.807) is 18.1 Å². The third kappa shape index (κ3) is 7.86. The summed E-state index contributed by atoms with van der Waals surface area (Å²) < 4.78 is 5.23. The van der Waals surface area contributed by atoms with Crippen LogP contribution in [0.15, 0.2) is 78.9 Å². The van der Waals surface area contributed by atoms with E-state index in [4.69, 9.17) is 16.3 Å². The second kappa shape index (κ2) is 11.9. The topological polar surface area (TPSA) is 58.6 Å². The third-order valence-corrected chi connectivity index (χ3v) is 5.95. The predicted octanol–water partition coefficient (Wildman–Crippen LogP) is 5.45. The number of amides is 2. The summed E-state index contributed by atoms with van der Waals surface area (Å²) in [4.78, 5) is 29.0. The number of methoxy groups -OCH3 is 1. The zero-order valence-electron chi connectivity index (χ0n) is 20.8. The molecule has 3 rings (SSSR count). The Labute approximate surface area is 213 Å². The summed E-state index contributed by atoms with van der Waals surface area (Å²) in [5.74, 6) is 0.372. The number of carbonyl (C=O) groups excluding carboxylic acids is 2. The van der Waals surface area contributed by atoms with Crippen molar-refractivity contribution in [2.45, 2.75) is 51.7 Å². The lowest BCUT2D eigenvalue weighted by molar-refractivity contribution is -0.141. The number of hydrogen-bond acceptors (Lipinski definition) is 3. The van der Waals surface area contributed by atoms with Crippen LogP contribution in [0.2, 0.25) is 5.02 Å². The van der Waals surface area contributed by atoms with Crippen molar-refractivity contribution in [1.29, 1.82) is 0 Å². The van der Waals surface area contributed by atoms with Gasteiger partial charge in [0.1, 0.15) is 11.8 Å². The summed E-state index contributed by atoms with van der Waals surface area (Å²) in [6.07, 6.45) is 0.546. The van der Waals surface area contributed by atoms with Gasteiger partial charge in [-0.05, 0) is 55.7 Å². The first-order valence-electron chi connectivity index (χ1n) is 11.7. The van der Waals surface area contributed by atoms with Crippen LogP contribution in [0.3, 0.4) is 0 Å². The molecule has 0 unspecified atom stereocenters. The number of ether oxygens (including phenoxy) is 1. The van der Waals surface area contributed by atoms with Gasteiger partial charge in [-0.15, -0.1) is 0 Å². The normalized spacial score (nSPS) is 12.0. The Balaban J connectivity index is 1.98. The van der Waals surface area contributed by atoms with Gasteiger partial charge in [-0.1, -0.05) is 72.3 Å². The van der Waals surface area contributed by atoms with E-state index in [0.29, 0.717) is 11.4 Å². The summed E-state index contributed by atoms with van der Waals surface area (Å²) >= 11 is 6.47. The Morgan fingerprint density at radius 2 is 1.54 bits per heavy atom. The molecular weight excluding hydrogens is 460 g/mol. The van der Waals surface area contributed by atoms with Gasteiger partial charge >= 0.3 is 0 Å². The van der Waals surface area contributed by atoms with Crippen LogP contribution in [0.1, 0.15) is 37.5 Å². The summed E-state index contributed by atoms with van der Waals surface area (Å²) in [5.41, 5.74) is 2.16. The smallest absolute Gasteiger partial charge is 0.243 e. The van der Waals surface area contributed by atoms with E-state index in [9.17, 15) is 9.59 Å². The van der Waals surface area contributed by atoms with Crippen molar-refractivity contribution < 1.29 is 14.3 Å². The van der Waals surface area contributed by atoms with Crippen LogP contribution in [0.5, 0.6) is 5.75 Å². The Morgan fingerprint density at radius 1 is 0.914 bits per heavy atom. The molecule has 0 aliphatic carbocycles. The van der Waals surface area contributed by atoms with Crippen LogP contribution in [0.4, 0.5) is 0 Å². The molecule has 0 saturated carbocycles. The molecule has 184 valence electrons. The maximum atomic E-state index is 13.8. The molecule has 0 spiro atoms. The molecule has 5 nitrogen and oxygen atoms in total. The van der Waals surface area contributed by atoms with E-state index in [1.807, 2.05) is 93.6 Å². The van der Waals surface area contributed by atoms with Gasteiger partial charge in [0.25, 0.3) is 0 Å². The largest absolute Gasteiger partial charge is 0.497 e. The fraction of sp³-hybridized carbons (Fsp3) is 0.310. The van der Waals surface area contributed by atoms with Gasteiger partial charge < -0.3 is 15.0 Å². The minimum atomic E-state index is -0.710. The Hall–Kier alpha value is -3.31. The van der Waals surface area contributed by atoms with E-state index < -0.39 is 11.6 Å². The third-order valence-electron chi connectivity index (χ3n) is 5.58. The van der Waals surface area contributed by atoms with Gasteiger partial charge in [0.2, 0.25) is 11.8 Å². The Morgan fingerprint density at radius 3 is 2.14 bits per heavy atom. The summed E-state index contributed by atoms with van der Waals surface area (Å²) in [6.45, 7) is 6.02. The number of halogens is 1. The highest BCUT2D eigenvalue weighted by atomic mass is 35.5. The minimum absolute atomic E-state index is 0.153. The van der Waals surface area contributed by atoms with Crippen LogP contribution >= 0.6 is 11.6 Å². The van der Waals surface area contributed by atoms with E-state index in [1.165, 1.54) is 0 Å². The molecule has 0 bridgehead atoms. The number of nitrogens with zero attached hydrogens (tertiary/aromatic N) is 1. The number of carbonyl (C=O) groups is 2. The van der Waals surface area contributed by atoms with Crippen molar-refractivity contribution in [3.63, 3.8) is 0 Å². The number of hydrogen-bond donors (Lipinski definition) is 1. The van der Waals surface area contributed by atoms with Gasteiger partial charge in [0.05, 0.1) is 13.5 Å². The molecule has 0 radical (unpaired) electrons. The first kappa shape index (κ1) is 26.3. The van der Waals surface area contributed by atoms with E-state index in [0.717, 1.165) is 22.4 Å².